The highest BCUT2D eigenvalue weighted by Gasteiger charge is 2.29. The van der Waals surface area contributed by atoms with E-state index in [1.54, 1.807) is 7.11 Å². The van der Waals surface area contributed by atoms with Crippen LogP contribution in [0.15, 0.2) is 23.1 Å². The van der Waals surface area contributed by atoms with Gasteiger partial charge in [0.15, 0.2) is 0 Å². The molecule has 0 atom stereocenters. The van der Waals surface area contributed by atoms with Crippen molar-refractivity contribution in [1.29, 1.82) is 0 Å². The van der Waals surface area contributed by atoms with E-state index in [-0.39, 0.29) is 5.56 Å². The number of nitrogens with zero attached hydrogens (tertiary/aromatic N) is 1. The van der Waals surface area contributed by atoms with E-state index >= 15 is 0 Å². The Bertz CT molecular complexity index is 720. The van der Waals surface area contributed by atoms with Crippen LogP contribution in [0.25, 0.3) is 0 Å². The Kier molecular flexibility index (Phi) is 8.62. The summed E-state index contributed by atoms with van der Waals surface area (Å²) in [4.78, 5) is 11.8. The van der Waals surface area contributed by atoms with Crippen molar-refractivity contribution in [3.63, 3.8) is 0 Å². The van der Waals surface area contributed by atoms with Crippen LogP contribution in [0.4, 0.5) is 4.39 Å². The van der Waals surface area contributed by atoms with E-state index in [9.17, 15) is 17.6 Å². The van der Waals surface area contributed by atoms with Gasteiger partial charge in [0.05, 0.1) is 13.2 Å². The quantitative estimate of drug-likeness (QED) is 0.603. The molecule has 0 aliphatic carbocycles. The van der Waals surface area contributed by atoms with Crippen LogP contribution in [0.1, 0.15) is 36.0 Å². The number of hydrogen-bond acceptors (Lipinski definition) is 5. The van der Waals surface area contributed by atoms with Gasteiger partial charge in [-0.2, -0.15) is 4.31 Å². The fourth-order valence-corrected chi connectivity index (χ4v) is 4.42. The molecule has 0 spiro atoms. The van der Waals surface area contributed by atoms with E-state index in [2.05, 4.69) is 5.32 Å². The summed E-state index contributed by atoms with van der Waals surface area (Å²) in [5.41, 5.74) is 0.118. The number of ether oxygens (including phenoxy) is 2. The molecule has 1 amide bonds. The van der Waals surface area contributed by atoms with Crippen LogP contribution in [0.5, 0.6) is 0 Å². The van der Waals surface area contributed by atoms with E-state index in [1.807, 2.05) is 0 Å². The fourth-order valence-electron chi connectivity index (χ4n) is 2.81. The highest BCUT2D eigenvalue weighted by molar-refractivity contribution is 7.89. The van der Waals surface area contributed by atoms with Crippen molar-refractivity contribution < 1.29 is 27.1 Å². The molecular weight excluding hydrogens is 375 g/mol. The Balaban J connectivity index is 1.96. The Morgan fingerprint density at radius 1 is 1.19 bits per heavy atom. The van der Waals surface area contributed by atoms with Crippen molar-refractivity contribution in [3.05, 3.63) is 29.6 Å². The van der Waals surface area contributed by atoms with Gasteiger partial charge < -0.3 is 14.8 Å². The van der Waals surface area contributed by atoms with Crippen molar-refractivity contribution in [2.24, 2.45) is 0 Å². The molecule has 0 radical (unpaired) electrons. The summed E-state index contributed by atoms with van der Waals surface area (Å²) in [6.45, 7) is 2.60. The maximum Gasteiger partial charge on any atom is 0.251 e. The maximum atomic E-state index is 14.2. The molecule has 1 aliphatic rings. The van der Waals surface area contributed by atoms with Gasteiger partial charge in [-0.3, -0.25) is 4.79 Å². The van der Waals surface area contributed by atoms with E-state index in [1.165, 1.54) is 10.4 Å². The largest absolute Gasteiger partial charge is 0.382 e. The molecule has 1 aliphatic heterocycles. The van der Waals surface area contributed by atoms with Crippen molar-refractivity contribution in [2.45, 2.75) is 30.6 Å². The van der Waals surface area contributed by atoms with Crippen LogP contribution in [-0.2, 0) is 19.5 Å². The van der Waals surface area contributed by atoms with Crippen molar-refractivity contribution in [2.75, 3.05) is 46.6 Å². The van der Waals surface area contributed by atoms with Gasteiger partial charge in [-0.15, -0.1) is 0 Å². The SMILES string of the molecule is COCCOCCCNC(=O)c1ccc(F)c(S(=O)(=O)N2CCCCC2)c1. The standard InChI is InChI=1S/C18H27FN2O5S/c1-25-12-13-26-11-5-8-20-18(22)15-6-7-16(19)17(14-15)27(23,24)21-9-3-2-4-10-21/h6-7,14H,2-5,8-13H2,1H3,(H,20,22). The molecule has 152 valence electrons. The molecule has 0 saturated carbocycles. The van der Waals surface area contributed by atoms with Crippen LogP contribution < -0.4 is 5.32 Å². The first-order valence-corrected chi connectivity index (χ1v) is 10.6. The minimum Gasteiger partial charge on any atom is -0.382 e. The number of nitrogens with one attached hydrogen (secondary N) is 1. The molecule has 1 aromatic carbocycles. The zero-order valence-corrected chi connectivity index (χ0v) is 16.4. The third-order valence-electron chi connectivity index (χ3n) is 4.31. The van der Waals surface area contributed by atoms with Gasteiger partial charge in [-0.1, -0.05) is 6.42 Å². The number of carbonyl (C=O) groups is 1. The Hall–Kier alpha value is -1.55. The summed E-state index contributed by atoms with van der Waals surface area (Å²) in [6, 6.07) is 3.43. The van der Waals surface area contributed by atoms with Gasteiger partial charge in [-0.05, 0) is 37.5 Å². The Labute approximate surface area is 159 Å². The lowest BCUT2D eigenvalue weighted by atomic mass is 10.2. The second-order valence-corrected chi connectivity index (χ2v) is 8.23. The van der Waals surface area contributed by atoms with Gasteiger partial charge in [0.2, 0.25) is 10.0 Å². The summed E-state index contributed by atoms with van der Waals surface area (Å²) in [5.74, 6) is -1.29. The smallest absolute Gasteiger partial charge is 0.251 e. The number of carbonyl (C=O) groups excluding carboxylic acids is 1. The van der Waals surface area contributed by atoms with Crippen molar-refractivity contribution in [1.82, 2.24) is 9.62 Å². The first kappa shape index (κ1) is 21.7. The minimum absolute atomic E-state index is 0.118. The normalized spacial score (nSPS) is 15.6. The maximum absolute atomic E-state index is 14.2. The van der Waals surface area contributed by atoms with Crippen molar-refractivity contribution >= 4 is 15.9 Å². The van der Waals surface area contributed by atoms with Crippen LogP contribution >= 0.6 is 0 Å². The van der Waals surface area contributed by atoms with Crippen LogP contribution in [0, 0.1) is 5.82 Å². The number of rotatable bonds is 10. The summed E-state index contributed by atoms with van der Waals surface area (Å²) in [5, 5.41) is 2.69. The third-order valence-corrected chi connectivity index (χ3v) is 6.22. The average Bonchev–Trinajstić information content (AvgIpc) is 2.68. The number of sulfonamides is 1. The summed E-state index contributed by atoms with van der Waals surface area (Å²) < 4.78 is 51.0. The molecule has 1 aromatic rings. The van der Waals surface area contributed by atoms with E-state index in [4.69, 9.17) is 9.47 Å². The summed E-state index contributed by atoms with van der Waals surface area (Å²) >= 11 is 0. The van der Waals surface area contributed by atoms with Gasteiger partial charge in [0, 0.05) is 38.9 Å². The molecule has 1 fully saturated rings. The predicted molar refractivity (Wildman–Crippen MR) is 98.7 cm³/mol. The monoisotopic (exact) mass is 402 g/mol. The molecule has 1 N–H and O–H groups in total. The summed E-state index contributed by atoms with van der Waals surface area (Å²) in [6.07, 6.45) is 3.09. The molecule has 7 nitrogen and oxygen atoms in total. The van der Waals surface area contributed by atoms with Gasteiger partial charge in [-0.25, -0.2) is 12.8 Å². The van der Waals surface area contributed by atoms with Crippen LogP contribution in [0.3, 0.4) is 0 Å². The second-order valence-electron chi connectivity index (χ2n) is 6.32. The molecule has 27 heavy (non-hydrogen) atoms. The van der Waals surface area contributed by atoms with Crippen molar-refractivity contribution in [3.8, 4) is 0 Å². The zero-order chi connectivity index (χ0) is 19.7. The fraction of sp³-hybridized carbons (Fsp3) is 0.611. The lowest BCUT2D eigenvalue weighted by molar-refractivity contribution is 0.0688. The number of halogens is 1. The minimum atomic E-state index is -3.94. The number of amides is 1. The van der Waals surface area contributed by atoms with E-state index < -0.39 is 26.6 Å². The topological polar surface area (TPSA) is 84.9 Å². The summed E-state index contributed by atoms with van der Waals surface area (Å²) in [7, 11) is -2.35. The number of piperidine rings is 1. The average molecular weight is 402 g/mol. The lowest BCUT2D eigenvalue weighted by Crippen LogP contribution is -2.36. The van der Waals surface area contributed by atoms with Crippen LogP contribution in [-0.4, -0.2) is 65.2 Å². The molecule has 0 bridgehead atoms. The molecule has 2 rings (SSSR count). The molecule has 1 heterocycles. The second kappa shape index (κ2) is 10.7. The highest BCUT2D eigenvalue weighted by atomic mass is 32.2. The predicted octanol–water partition coefficient (Wildman–Crippen LogP) is 1.78. The third kappa shape index (κ3) is 6.24. The Morgan fingerprint density at radius 2 is 1.93 bits per heavy atom. The zero-order valence-electron chi connectivity index (χ0n) is 15.6. The lowest BCUT2D eigenvalue weighted by Gasteiger charge is -2.26. The van der Waals surface area contributed by atoms with Gasteiger partial charge in [0.1, 0.15) is 10.7 Å². The number of hydrogen-bond donors (Lipinski definition) is 1. The van der Waals surface area contributed by atoms with Crippen LogP contribution in [0.2, 0.25) is 0 Å². The van der Waals surface area contributed by atoms with E-state index in [0.29, 0.717) is 45.9 Å². The van der Waals surface area contributed by atoms with Gasteiger partial charge in [0.25, 0.3) is 5.91 Å². The molecular formula is C18H27FN2O5S. The molecule has 1 saturated heterocycles. The highest BCUT2D eigenvalue weighted by Crippen LogP contribution is 2.24. The molecule has 9 heteroatoms. The van der Waals surface area contributed by atoms with Gasteiger partial charge >= 0.3 is 0 Å². The number of methoxy groups -OCH3 is 1. The first-order valence-electron chi connectivity index (χ1n) is 9.11. The first-order chi connectivity index (χ1) is 13.0. The number of benzene rings is 1. The van der Waals surface area contributed by atoms with E-state index in [0.717, 1.165) is 31.4 Å². The Morgan fingerprint density at radius 3 is 2.63 bits per heavy atom. The molecule has 0 aromatic heterocycles. The molecule has 0 unspecified atom stereocenters.